The topological polar surface area (TPSA) is 102 Å². The number of non-ortho nitro benzene ring substituents is 1. The summed E-state index contributed by atoms with van der Waals surface area (Å²) in [5.74, 6) is 0.626. The molecule has 1 atom stereocenters. The molecule has 7 nitrogen and oxygen atoms in total. The minimum atomic E-state index is -0.914. The van der Waals surface area contributed by atoms with E-state index in [1.807, 2.05) is 31.2 Å². The summed E-state index contributed by atoms with van der Waals surface area (Å²) in [6.45, 7) is 2.44. The number of aryl methyl sites for hydroxylation is 1. The molecule has 138 valence electrons. The number of hydrogen-bond donors (Lipinski definition) is 2. The van der Waals surface area contributed by atoms with E-state index in [1.165, 1.54) is 24.3 Å². The number of nitrogens with zero attached hydrogens (tertiary/aromatic N) is 1. The van der Waals surface area contributed by atoms with Gasteiger partial charge in [0.2, 0.25) is 5.91 Å². The van der Waals surface area contributed by atoms with Crippen molar-refractivity contribution in [3.05, 3.63) is 69.8 Å². The van der Waals surface area contributed by atoms with Crippen LogP contribution in [0.15, 0.2) is 48.5 Å². The Morgan fingerprint density at radius 3 is 2.58 bits per heavy atom. The Labute approximate surface area is 151 Å². The fourth-order valence-corrected chi connectivity index (χ4v) is 2.37. The van der Waals surface area contributed by atoms with Crippen molar-refractivity contribution < 1.29 is 19.6 Å². The van der Waals surface area contributed by atoms with Crippen LogP contribution >= 0.6 is 0 Å². The standard InChI is InChI=1S/C19H22N2O5/c1-14-5-2-3-6-18(14)26-12-4-7-19(23)20-13-17(22)15-8-10-16(11-9-15)21(24)25/h2-3,5-6,8-11,17,22H,4,7,12-13H2,1H3,(H,20,23). The lowest BCUT2D eigenvalue weighted by Crippen LogP contribution is -2.28. The molecular weight excluding hydrogens is 336 g/mol. The van der Waals surface area contributed by atoms with Crippen LogP contribution in [0.3, 0.4) is 0 Å². The van der Waals surface area contributed by atoms with E-state index in [0.29, 0.717) is 25.0 Å². The van der Waals surface area contributed by atoms with Gasteiger partial charge in [0.1, 0.15) is 5.75 Å². The molecule has 2 rings (SSSR count). The van der Waals surface area contributed by atoms with Crippen LogP contribution in [-0.2, 0) is 4.79 Å². The van der Waals surface area contributed by atoms with Crippen molar-refractivity contribution in [1.29, 1.82) is 0 Å². The number of benzene rings is 2. The summed E-state index contributed by atoms with van der Waals surface area (Å²) in [7, 11) is 0. The van der Waals surface area contributed by atoms with E-state index in [9.17, 15) is 20.0 Å². The molecule has 26 heavy (non-hydrogen) atoms. The van der Waals surface area contributed by atoms with Crippen LogP contribution in [0.2, 0.25) is 0 Å². The van der Waals surface area contributed by atoms with Crippen molar-refractivity contribution in [1.82, 2.24) is 5.32 Å². The molecule has 0 bridgehead atoms. The summed E-state index contributed by atoms with van der Waals surface area (Å²) in [5.41, 5.74) is 1.51. The van der Waals surface area contributed by atoms with Crippen molar-refractivity contribution in [2.45, 2.75) is 25.9 Å². The number of aliphatic hydroxyl groups is 1. The normalized spacial score (nSPS) is 11.6. The Kier molecular flexibility index (Phi) is 7.11. The van der Waals surface area contributed by atoms with Crippen molar-refractivity contribution in [3.63, 3.8) is 0 Å². The Bertz CT molecular complexity index is 746. The van der Waals surface area contributed by atoms with Gasteiger partial charge in [-0.1, -0.05) is 18.2 Å². The van der Waals surface area contributed by atoms with E-state index >= 15 is 0 Å². The fraction of sp³-hybridized carbons (Fsp3) is 0.316. The second kappa shape index (κ2) is 9.53. The molecule has 7 heteroatoms. The molecule has 0 spiro atoms. The number of nitro benzene ring substituents is 1. The average molecular weight is 358 g/mol. The van der Waals surface area contributed by atoms with Gasteiger partial charge in [-0.3, -0.25) is 14.9 Å². The van der Waals surface area contributed by atoms with E-state index < -0.39 is 11.0 Å². The maximum absolute atomic E-state index is 11.8. The average Bonchev–Trinajstić information content (AvgIpc) is 2.64. The molecule has 0 saturated heterocycles. The maximum Gasteiger partial charge on any atom is 0.269 e. The van der Waals surface area contributed by atoms with Crippen molar-refractivity contribution in [2.24, 2.45) is 0 Å². The summed E-state index contributed by atoms with van der Waals surface area (Å²) in [5, 5.41) is 23.3. The van der Waals surface area contributed by atoms with Crippen LogP contribution in [0, 0.1) is 17.0 Å². The van der Waals surface area contributed by atoms with Crippen molar-refractivity contribution in [3.8, 4) is 5.75 Å². The Balaban J connectivity index is 1.68. The number of ether oxygens (including phenoxy) is 1. The summed E-state index contributed by atoms with van der Waals surface area (Å²) >= 11 is 0. The van der Waals surface area contributed by atoms with Crippen LogP contribution in [0.5, 0.6) is 5.75 Å². The summed E-state index contributed by atoms with van der Waals surface area (Å²) in [6, 6.07) is 13.3. The third-order valence-corrected chi connectivity index (χ3v) is 3.88. The number of carbonyl (C=O) groups excluding carboxylic acids is 1. The zero-order valence-electron chi connectivity index (χ0n) is 14.6. The van der Waals surface area contributed by atoms with Crippen LogP contribution in [0.4, 0.5) is 5.69 Å². The molecule has 1 unspecified atom stereocenters. The predicted octanol–water partition coefficient (Wildman–Crippen LogP) is 2.91. The van der Waals surface area contributed by atoms with Gasteiger partial charge in [-0.05, 0) is 42.7 Å². The molecule has 0 aliphatic rings. The number of nitro groups is 1. The smallest absolute Gasteiger partial charge is 0.269 e. The Morgan fingerprint density at radius 1 is 1.23 bits per heavy atom. The molecule has 2 aromatic rings. The zero-order chi connectivity index (χ0) is 18.9. The predicted molar refractivity (Wildman–Crippen MR) is 97.0 cm³/mol. The molecule has 0 aliphatic carbocycles. The number of carbonyl (C=O) groups is 1. The first-order valence-electron chi connectivity index (χ1n) is 8.35. The molecule has 0 heterocycles. The molecule has 2 aromatic carbocycles. The van der Waals surface area contributed by atoms with E-state index in [1.54, 1.807) is 0 Å². The second-order valence-corrected chi connectivity index (χ2v) is 5.89. The van der Waals surface area contributed by atoms with Crippen LogP contribution in [0.25, 0.3) is 0 Å². The molecule has 0 fully saturated rings. The van der Waals surface area contributed by atoms with Gasteiger partial charge in [-0.2, -0.15) is 0 Å². The zero-order valence-corrected chi connectivity index (χ0v) is 14.6. The molecular formula is C19H22N2O5. The van der Waals surface area contributed by atoms with Crippen molar-refractivity contribution in [2.75, 3.05) is 13.2 Å². The first-order chi connectivity index (χ1) is 12.5. The minimum Gasteiger partial charge on any atom is -0.493 e. The first kappa shape index (κ1) is 19.4. The largest absolute Gasteiger partial charge is 0.493 e. The van der Waals surface area contributed by atoms with Crippen LogP contribution < -0.4 is 10.1 Å². The van der Waals surface area contributed by atoms with Gasteiger partial charge in [0.15, 0.2) is 0 Å². The number of hydrogen-bond acceptors (Lipinski definition) is 5. The maximum atomic E-state index is 11.8. The highest BCUT2D eigenvalue weighted by molar-refractivity contribution is 5.75. The number of nitrogens with one attached hydrogen (secondary N) is 1. The molecule has 0 saturated carbocycles. The SMILES string of the molecule is Cc1ccccc1OCCCC(=O)NCC(O)c1ccc([N+](=O)[O-])cc1. The van der Waals surface area contributed by atoms with E-state index in [2.05, 4.69) is 5.32 Å². The Hall–Kier alpha value is -2.93. The summed E-state index contributed by atoms with van der Waals surface area (Å²) < 4.78 is 5.63. The third-order valence-electron chi connectivity index (χ3n) is 3.88. The van der Waals surface area contributed by atoms with Gasteiger partial charge < -0.3 is 15.2 Å². The first-order valence-corrected chi connectivity index (χ1v) is 8.35. The highest BCUT2D eigenvalue weighted by Gasteiger charge is 2.12. The molecule has 0 radical (unpaired) electrons. The third kappa shape index (κ3) is 5.86. The number of rotatable bonds is 9. The molecule has 0 aliphatic heterocycles. The van der Waals surface area contributed by atoms with Crippen molar-refractivity contribution >= 4 is 11.6 Å². The van der Waals surface area contributed by atoms with Gasteiger partial charge in [0.05, 0.1) is 17.6 Å². The van der Waals surface area contributed by atoms with E-state index in [-0.39, 0.29) is 18.1 Å². The lowest BCUT2D eigenvalue weighted by atomic mass is 10.1. The van der Waals surface area contributed by atoms with Gasteiger partial charge in [0, 0.05) is 25.1 Å². The second-order valence-electron chi connectivity index (χ2n) is 5.89. The lowest BCUT2D eigenvalue weighted by Gasteiger charge is -2.12. The number of aliphatic hydroxyl groups excluding tert-OH is 1. The monoisotopic (exact) mass is 358 g/mol. The van der Waals surface area contributed by atoms with Gasteiger partial charge in [-0.15, -0.1) is 0 Å². The number of amides is 1. The Morgan fingerprint density at radius 2 is 1.92 bits per heavy atom. The number of para-hydroxylation sites is 1. The summed E-state index contributed by atoms with van der Waals surface area (Å²) in [6.07, 6.45) is -0.0601. The summed E-state index contributed by atoms with van der Waals surface area (Å²) in [4.78, 5) is 21.9. The van der Waals surface area contributed by atoms with E-state index in [4.69, 9.17) is 4.74 Å². The lowest BCUT2D eigenvalue weighted by molar-refractivity contribution is -0.384. The van der Waals surface area contributed by atoms with Gasteiger partial charge in [0.25, 0.3) is 5.69 Å². The molecule has 1 amide bonds. The van der Waals surface area contributed by atoms with Gasteiger partial charge in [-0.25, -0.2) is 0 Å². The highest BCUT2D eigenvalue weighted by atomic mass is 16.6. The quantitative estimate of drug-likeness (QED) is 0.408. The molecule has 2 N–H and O–H groups in total. The molecule has 0 aromatic heterocycles. The minimum absolute atomic E-state index is 0.0429. The fourth-order valence-electron chi connectivity index (χ4n) is 2.37. The van der Waals surface area contributed by atoms with E-state index in [0.717, 1.165) is 11.3 Å². The van der Waals surface area contributed by atoms with Crippen LogP contribution in [-0.4, -0.2) is 29.1 Å². The van der Waals surface area contributed by atoms with Crippen LogP contribution in [0.1, 0.15) is 30.1 Å². The van der Waals surface area contributed by atoms with Gasteiger partial charge >= 0.3 is 0 Å². The highest BCUT2D eigenvalue weighted by Crippen LogP contribution is 2.18.